The van der Waals surface area contributed by atoms with Gasteiger partial charge in [-0.2, -0.15) is 15.8 Å². The quantitative estimate of drug-likeness (QED) is 0.660. The molecule has 1 spiro atoms. The molecule has 0 amide bonds. The Balaban J connectivity index is 1.71. The topological polar surface area (TPSA) is 132 Å². The maximum Gasteiger partial charge on any atom is 0.217 e. The first-order valence-corrected chi connectivity index (χ1v) is 11.0. The number of rotatable bonds is 6. The van der Waals surface area contributed by atoms with Crippen molar-refractivity contribution in [2.45, 2.75) is 82.4 Å². The molecule has 0 aromatic heterocycles. The molecule has 1 N–H and O–H groups in total. The summed E-state index contributed by atoms with van der Waals surface area (Å²) in [6, 6.07) is 6.44. The average Bonchev–Trinajstić information content (AvgIpc) is 3.28. The van der Waals surface area contributed by atoms with Gasteiger partial charge >= 0.3 is 0 Å². The molecule has 4 atom stereocenters. The zero-order valence-corrected chi connectivity index (χ0v) is 17.4. The van der Waals surface area contributed by atoms with Crippen molar-refractivity contribution in [2.75, 3.05) is 13.2 Å². The molecule has 1 saturated carbocycles. The summed E-state index contributed by atoms with van der Waals surface area (Å²) in [6.07, 6.45) is 5.98. The summed E-state index contributed by atoms with van der Waals surface area (Å²) < 4.78 is 24.1. The lowest BCUT2D eigenvalue weighted by Gasteiger charge is -2.54. The van der Waals surface area contributed by atoms with Gasteiger partial charge in [-0.1, -0.05) is 39.0 Å². The van der Waals surface area contributed by atoms with Crippen molar-refractivity contribution in [3.8, 4) is 18.2 Å². The van der Waals surface area contributed by atoms with Gasteiger partial charge in [-0.05, 0) is 6.42 Å². The Bertz CT molecular complexity index is 820. The number of ether oxygens (including phenoxy) is 4. The van der Waals surface area contributed by atoms with Crippen LogP contribution in [0.4, 0.5) is 0 Å². The van der Waals surface area contributed by atoms with Gasteiger partial charge in [0.25, 0.3) is 0 Å². The van der Waals surface area contributed by atoms with Crippen molar-refractivity contribution in [1.82, 2.24) is 0 Å². The van der Waals surface area contributed by atoms with Gasteiger partial charge in [0.1, 0.15) is 0 Å². The molecule has 4 unspecified atom stereocenters. The van der Waals surface area contributed by atoms with Crippen LogP contribution < -0.4 is 0 Å². The van der Waals surface area contributed by atoms with Gasteiger partial charge in [-0.25, -0.2) is 0 Å². The fourth-order valence-corrected chi connectivity index (χ4v) is 5.86. The van der Waals surface area contributed by atoms with Gasteiger partial charge in [0.15, 0.2) is 16.6 Å². The van der Waals surface area contributed by atoms with Gasteiger partial charge in [-0.3, -0.25) is 5.41 Å². The van der Waals surface area contributed by atoms with Crippen LogP contribution in [0.25, 0.3) is 0 Å². The van der Waals surface area contributed by atoms with Crippen molar-refractivity contribution >= 4 is 5.90 Å². The summed E-state index contributed by atoms with van der Waals surface area (Å²) >= 11 is 0. The van der Waals surface area contributed by atoms with E-state index < -0.39 is 34.4 Å². The maximum atomic E-state index is 10.4. The molecule has 160 valence electrons. The smallest absolute Gasteiger partial charge is 0.217 e. The van der Waals surface area contributed by atoms with Gasteiger partial charge in [0.2, 0.25) is 11.7 Å². The fourth-order valence-electron chi connectivity index (χ4n) is 5.86. The van der Waals surface area contributed by atoms with E-state index in [9.17, 15) is 15.8 Å². The normalized spacial score (nSPS) is 37.6. The Morgan fingerprint density at radius 2 is 1.70 bits per heavy atom. The SMILES string of the molecule is CCCCCCCC1OC23CCC4(CC2C(C#N)(C(=N)O3)C1(C#N)C#N)OCCO4. The van der Waals surface area contributed by atoms with Crippen LogP contribution in [0.3, 0.4) is 0 Å². The third kappa shape index (κ3) is 2.63. The van der Waals surface area contributed by atoms with E-state index in [1.54, 1.807) is 0 Å². The minimum Gasteiger partial charge on any atom is -0.447 e. The third-order valence-electron chi connectivity index (χ3n) is 7.42. The molecule has 1 aliphatic carbocycles. The monoisotopic (exact) mass is 412 g/mol. The highest BCUT2D eigenvalue weighted by atomic mass is 16.7. The average molecular weight is 412 g/mol. The zero-order chi connectivity index (χ0) is 21.5. The highest BCUT2D eigenvalue weighted by molar-refractivity contribution is 5.89. The molecule has 0 radical (unpaired) electrons. The molecule has 4 rings (SSSR count). The summed E-state index contributed by atoms with van der Waals surface area (Å²) in [5, 5.41) is 39.4. The Morgan fingerprint density at radius 3 is 2.33 bits per heavy atom. The minimum atomic E-state index is -1.81. The van der Waals surface area contributed by atoms with E-state index in [2.05, 4.69) is 25.1 Å². The highest BCUT2D eigenvalue weighted by Crippen LogP contribution is 2.68. The molecule has 0 aromatic carbocycles. The molecule has 30 heavy (non-hydrogen) atoms. The van der Waals surface area contributed by atoms with E-state index in [0.717, 1.165) is 32.1 Å². The summed E-state index contributed by atoms with van der Waals surface area (Å²) in [7, 11) is 0. The molecule has 3 heterocycles. The van der Waals surface area contributed by atoms with E-state index in [-0.39, 0.29) is 12.3 Å². The molecule has 2 bridgehead atoms. The van der Waals surface area contributed by atoms with Gasteiger partial charge in [0.05, 0.1) is 43.4 Å². The van der Waals surface area contributed by atoms with Crippen molar-refractivity contribution in [1.29, 1.82) is 21.2 Å². The Kier molecular flexibility index (Phi) is 5.27. The largest absolute Gasteiger partial charge is 0.447 e. The van der Waals surface area contributed by atoms with Crippen LogP contribution in [0, 0.1) is 56.2 Å². The first kappa shape index (κ1) is 21.1. The molecule has 8 nitrogen and oxygen atoms in total. The van der Waals surface area contributed by atoms with Crippen LogP contribution >= 0.6 is 0 Å². The molecular weight excluding hydrogens is 384 g/mol. The van der Waals surface area contributed by atoms with Gasteiger partial charge in [0, 0.05) is 19.3 Å². The summed E-state index contributed by atoms with van der Waals surface area (Å²) in [5.74, 6) is -3.05. The summed E-state index contributed by atoms with van der Waals surface area (Å²) in [6.45, 7) is 3.06. The predicted molar refractivity (Wildman–Crippen MR) is 103 cm³/mol. The van der Waals surface area contributed by atoms with Crippen molar-refractivity contribution in [3.05, 3.63) is 0 Å². The second-order valence-electron chi connectivity index (χ2n) is 8.87. The number of hydrogen-bond donors (Lipinski definition) is 1. The number of hydrogen-bond acceptors (Lipinski definition) is 8. The van der Waals surface area contributed by atoms with E-state index in [1.165, 1.54) is 0 Å². The van der Waals surface area contributed by atoms with E-state index in [1.807, 2.05) is 0 Å². The van der Waals surface area contributed by atoms with Gasteiger partial charge < -0.3 is 18.9 Å². The number of nitriles is 3. The van der Waals surface area contributed by atoms with Gasteiger partial charge in [-0.15, -0.1) is 0 Å². The van der Waals surface area contributed by atoms with Crippen LogP contribution in [-0.2, 0) is 18.9 Å². The van der Waals surface area contributed by atoms with Crippen LogP contribution in [-0.4, -0.2) is 36.8 Å². The first-order valence-electron chi connectivity index (χ1n) is 11.0. The Hall–Kier alpha value is -2.18. The van der Waals surface area contributed by atoms with E-state index >= 15 is 0 Å². The molecule has 8 heteroatoms. The number of nitrogens with zero attached hydrogens (tertiary/aromatic N) is 3. The fraction of sp³-hybridized carbons (Fsp3) is 0.818. The van der Waals surface area contributed by atoms with Crippen LogP contribution in [0.1, 0.15) is 64.7 Å². The summed E-state index contributed by atoms with van der Waals surface area (Å²) in [5.41, 5.74) is -3.52. The number of nitrogens with one attached hydrogen (secondary N) is 1. The predicted octanol–water partition coefficient (Wildman–Crippen LogP) is 3.54. The molecule has 4 aliphatic rings. The van der Waals surface area contributed by atoms with E-state index in [0.29, 0.717) is 32.5 Å². The lowest BCUT2D eigenvalue weighted by Crippen LogP contribution is -2.65. The second kappa shape index (κ2) is 7.50. The molecular formula is C22H28N4O4. The number of unbranched alkanes of at least 4 members (excludes halogenated alkanes) is 4. The maximum absolute atomic E-state index is 10.4. The summed E-state index contributed by atoms with van der Waals surface area (Å²) in [4.78, 5) is 0. The third-order valence-corrected chi connectivity index (χ3v) is 7.42. The lowest BCUT2D eigenvalue weighted by atomic mass is 9.51. The molecule has 4 fully saturated rings. The van der Waals surface area contributed by atoms with Crippen LogP contribution in [0.2, 0.25) is 0 Å². The zero-order valence-electron chi connectivity index (χ0n) is 17.4. The highest BCUT2D eigenvalue weighted by Gasteiger charge is 2.81. The van der Waals surface area contributed by atoms with Crippen molar-refractivity contribution < 1.29 is 18.9 Å². The Labute approximate surface area is 177 Å². The van der Waals surface area contributed by atoms with Crippen molar-refractivity contribution in [3.63, 3.8) is 0 Å². The standard InChI is InChI=1S/C22H28N4O4/c1-2-3-4-5-6-7-17-19(13-23,14-24)21(15-25)16-12-20(27-10-11-28-20)8-9-22(16,29-17)30-18(21)26/h16-17,26H,2-12H2,1H3. The molecule has 3 aliphatic heterocycles. The lowest BCUT2D eigenvalue weighted by molar-refractivity contribution is -0.329. The van der Waals surface area contributed by atoms with E-state index in [4.69, 9.17) is 24.4 Å². The van der Waals surface area contributed by atoms with Crippen LogP contribution in [0.15, 0.2) is 0 Å². The minimum absolute atomic E-state index is 0.261. The van der Waals surface area contributed by atoms with Crippen LogP contribution in [0.5, 0.6) is 0 Å². The Morgan fingerprint density at radius 1 is 1.00 bits per heavy atom. The first-order chi connectivity index (χ1) is 14.5. The molecule has 3 saturated heterocycles. The van der Waals surface area contributed by atoms with Crippen molar-refractivity contribution in [2.24, 2.45) is 16.7 Å². The molecule has 0 aromatic rings. The second-order valence-corrected chi connectivity index (χ2v) is 8.87.